The Morgan fingerprint density at radius 2 is 1.87 bits per heavy atom. The van der Waals surface area contributed by atoms with Crippen LogP contribution >= 0.6 is 0 Å². The molecule has 0 atom stereocenters. The molecule has 2 heterocycles. The number of hydrogen-bond acceptors (Lipinski definition) is 6. The number of amides is 4. The van der Waals surface area contributed by atoms with E-state index in [1.165, 1.54) is 18.5 Å². The zero-order valence-electron chi connectivity index (χ0n) is 13.4. The van der Waals surface area contributed by atoms with Gasteiger partial charge in [0.1, 0.15) is 5.57 Å². The minimum Gasteiger partial charge on any atom is -0.347 e. The lowest BCUT2D eigenvalue weighted by Gasteiger charge is -2.26. The summed E-state index contributed by atoms with van der Waals surface area (Å²) in [7, 11) is 3.62. The van der Waals surface area contributed by atoms with Crippen molar-refractivity contribution in [2.75, 3.05) is 25.5 Å². The minimum absolute atomic E-state index is 0.0955. The van der Waals surface area contributed by atoms with Crippen molar-refractivity contribution in [2.45, 2.75) is 19.8 Å². The number of nitrogens with one attached hydrogen (secondary N) is 1. The number of hydrogen-bond donors (Lipinski definition) is 1. The second kappa shape index (κ2) is 6.99. The first-order valence-electron chi connectivity index (χ1n) is 7.32. The third-order valence-electron chi connectivity index (χ3n) is 3.29. The largest absolute Gasteiger partial charge is 0.347 e. The molecule has 0 radical (unpaired) electrons. The fraction of sp³-hybridized carbons (Fsp3) is 0.400. The molecule has 1 aliphatic rings. The summed E-state index contributed by atoms with van der Waals surface area (Å²) in [4.78, 5) is 47.1. The standard InChI is InChI=1S/C15H19N5O3/c1-4-5-6-20-13(22)11(12(21)18-15(20)23)7-10-8-16-14(17-9-10)19(2)3/h7-9H,4-6H2,1-3H3,(H,18,21,23)/b11-7+. The highest BCUT2D eigenvalue weighted by Crippen LogP contribution is 2.15. The summed E-state index contributed by atoms with van der Waals surface area (Å²) in [5.74, 6) is -0.778. The summed E-state index contributed by atoms with van der Waals surface area (Å²) >= 11 is 0. The van der Waals surface area contributed by atoms with Crippen LogP contribution in [0.25, 0.3) is 6.08 Å². The summed E-state index contributed by atoms with van der Waals surface area (Å²) in [6, 6.07) is -0.676. The van der Waals surface area contributed by atoms with Crippen LogP contribution in [0.3, 0.4) is 0 Å². The normalized spacial score (nSPS) is 16.7. The van der Waals surface area contributed by atoms with Crippen molar-refractivity contribution in [3.8, 4) is 0 Å². The van der Waals surface area contributed by atoms with E-state index in [4.69, 9.17) is 0 Å². The molecule has 8 nitrogen and oxygen atoms in total. The number of urea groups is 1. The van der Waals surface area contributed by atoms with E-state index in [0.717, 1.165) is 11.3 Å². The fourth-order valence-electron chi connectivity index (χ4n) is 2.02. The van der Waals surface area contributed by atoms with Gasteiger partial charge in [0.2, 0.25) is 5.95 Å². The van der Waals surface area contributed by atoms with Gasteiger partial charge in [0.25, 0.3) is 11.8 Å². The molecule has 8 heteroatoms. The first-order valence-corrected chi connectivity index (χ1v) is 7.32. The van der Waals surface area contributed by atoms with Crippen molar-refractivity contribution < 1.29 is 14.4 Å². The Morgan fingerprint density at radius 1 is 1.22 bits per heavy atom. The van der Waals surface area contributed by atoms with Crippen LogP contribution in [0, 0.1) is 0 Å². The average molecular weight is 317 g/mol. The van der Waals surface area contributed by atoms with Crippen molar-refractivity contribution in [1.29, 1.82) is 0 Å². The molecule has 23 heavy (non-hydrogen) atoms. The molecule has 0 aromatic carbocycles. The molecule has 0 spiro atoms. The molecule has 0 unspecified atom stereocenters. The van der Waals surface area contributed by atoms with E-state index < -0.39 is 17.8 Å². The quantitative estimate of drug-likeness (QED) is 0.637. The molecular weight excluding hydrogens is 298 g/mol. The molecule has 1 aromatic rings. The fourth-order valence-corrected chi connectivity index (χ4v) is 2.02. The van der Waals surface area contributed by atoms with Crippen molar-refractivity contribution in [3.05, 3.63) is 23.5 Å². The van der Waals surface area contributed by atoms with Crippen molar-refractivity contribution in [1.82, 2.24) is 20.2 Å². The molecule has 0 saturated carbocycles. The second-order valence-electron chi connectivity index (χ2n) is 5.34. The predicted octanol–water partition coefficient (Wildman–Crippen LogP) is 0.804. The lowest BCUT2D eigenvalue weighted by molar-refractivity contribution is -0.130. The number of barbiturate groups is 1. The number of carbonyl (C=O) groups is 3. The molecule has 2 rings (SSSR count). The van der Waals surface area contributed by atoms with Gasteiger partial charge >= 0.3 is 6.03 Å². The van der Waals surface area contributed by atoms with Crippen LogP contribution in [0.5, 0.6) is 0 Å². The van der Waals surface area contributed by atoms with Crippen LogP contribution in [-0.2, 0) is 9.59 Å². The van der Waals surface area contributed by atoms with Gasteiger partial charge in [0.05, 0.1) is 0 Å². The molecule has 1 N–H and O–H groups in total. The van der Waals surface area contributed by atoms with Crippen LogP contribution in [0.1, 0.15) is 25.3 Å². The second-order valence-corrected chi connectivity index (χ2v) is 5.34. The Labute approximate surface area is 134 Å². The molecule has 1 fully saturated rings. The molecule has 0 aliphatic carbocycles. The van der Waals surface area contributed by atoms with E-state index in [-0.39, 0.29) is 12.1 Å². The number of unbranched alkanes of at least 4 members (excludes halogenated alkanes) is 1. The topological polar surface area (TPSA) is 95.5 Å². The third kappa shape index (κ3) is 3.71. The van der Waals surface area contributed by atoms with E-state index in [9.17, 15) is 14.4 Å². The van der Waals surface area contributed by atoms with E-state index >= 15 is 0 Å². The number of rotatable bonds is 5. The van der Waals surface area contributed by atoms with E-state index in [2.05, 4.69) is 15.3 Å². The van der Waals surface area contributed by atoms with E-state index in [1.807, 2.05) is 21.0 Å². The van der Waals surface area contributed by atoms with Gasteiger partial charge in [-0.25, -0.2) is 14.8 Å². The number of imide groups is 2. The zero-order valence-corrected chi connectivity index (χ0v) is 13.4. The highest BCUT2D eigenvalue weighted by atomic mass is 16.2. The Hall–Kier alpha value is -2.77. The lowest BCUT2D eigenvalue weighted by Crippen LogP contribution is -2.54. The van der Waals surface area contributed by atoms with Crippen molar-refractivity contribution in [2.24, 2.45) is 0 Å². The summed E-state index contributed by atoms with van der Waals surface area (Å²) < 4.78 is 0. The van der Waals surface area contributed by atoms with Crippen LogP contribution in [0.4, 0.5) is 10.7 Å². The summed E-state index contributed by atoms with van der Waals surface area (Å²) in [6.07, 6.45) is 5.94. The maximum atomic E-state index is 12.4. The third-order valence-corrected chi connectivity index (χ3v) is 3.29. The van der Waals surface area contributed by atoms with Gasteiger partial charge in [-0.15, -0.1) is 0 Å². The maximum absolute atomic E-state index is 12.4. The predicted molar refractivity (Wildman–Crippen MR) is 84.5 cm³/mol. The van der Waals surface area contributed by atoms with Gasteiger partial charge in [-0.2, -0.15) is 0 Å². The molecular formula is C15H19N5O3. The van der Waals surface area contributed by atoms with Crippen LogP contribution in [-0.4, -0.2) is 53.4 Å². The number of carbonyl (C=O) groups excluding carboxylic acids is 3. The smallest absolute Gasteiger partial charge is 0.331 e. The summed E-state index contributed by atoms with van der Waals surface area (Å²) in [5, 5.41) is 2.18. The van der Waals surface area contributed by atoms with Gasteiger partial charge in [-0.1, -0.05) is 13.3 Å². The first-order chi connectivity index (χ1) is 10.9. The minimum atomic E-state index is -0.704. The summed E-state index contributed by atoms with van der Waals surface area (Å²) in [6.45, 7) is 2.24. The van der Waals surface area contributed by atoms with Gasteiger partial charge in [-0.3, -0.25) is 19.8 Å². The van der Waals surface area contributed by atoms with Gasteiger partial charge in [0, 0.05) is 38.6 Å². The van der Waals surface area contributed by atoms with Gasteiger partial charge in [0.15, 0.2) is 0 Å². The highest BCUT2D eigenvalue weighted by Gasteiger charge is 2.35. The average Bonchev–Trinajstić information content (AvgIpc) is 2.51. The molecule has 1 aliphatic heterocycles. The van der Waals surface area contributed by atoms with Crippen molar-refractivity contribution in [3.63, 3.8) is 0 Å². The first kappa shape index (κ1) is 16.6. The Kier molecular flexibility index (Phi) is 5.05. The van der Waals surface area contributed by atoms with Crippen molar-refractivity contribution >= 4 is 29.9 Å². The molecule has 1 saturated heterocycles. The summed E-state index contributed by atoms with van der Waals surface area (Å²) in [5.41, 5.74) is 0.417. The lowest BCUT2D eigenvalue weighted by atomic mass is 10.1. The maximum Gasteiger partial charge on any atom is 0.331 e. The van der Waals surface area contributed by atoms with E-state index in [1.54, 1.807) is 4.90 Å². The Bertz CT molecular complexity index is 652. The monoisotopic (exact) mass is 317 g/mol. The number of aromatic nitrogens is 2. The van der Waals surface area contributed by atoms with E-state index in [0.29, 0.717) is 17.9 Å². The van der Waals surface area contributed by atoms with Gasteiger partial charge < -0.3 is 4.90 Å². The van der Waals surface area contributed by atoms with Crippen LogP contribution in [0.15, 0.2) is 18.0 Å². The Morgan fingerprint density at radius 3 is 2.43 bits per heavy atom. The number of nitrogens with zero attached hydrogens (tertiary/aromatic N) is 4. The Balaban J connectivity index is 2.26. The molecule has 0 bridgehead atoms. The number of anilines is 1. The zero-order chi connectivity index (χ0) is 17.0. The van der Waals surface area contributed by atoms with Gasteiger partial charge in [-0.05, 0) is 12.5 Å². The molecule has 122 valence electrons. The highest BCUT2D eigenvalue weighted by molar-refractivity contribution is 6.30. The molecule has 1 aromatic heterocycles. The SMILES string of the molecule is CCCCN1C(=O)NC(=O)/C(=C\c2cnc(N(C)C)nc2)C1=O. The van der Waals surface area contributed by atoms with Crippen LogP contribution in [0.2, 0.25) is 0 Å². The van der Waals surface area contributed by atoms with Crippen LogP contribution < -0.4 is 10.2 Å². The molecule has 4 amide bonds.